The molecule has 0 fully saturated rings. The molecule has 1 heterocycles. The van der Waals surface area contributed by atoms with Crippen LogP contribution in [0.1, 0.15) is 20.7 Å². The zero-order chi connectivity index (χ0) is 14.7. The smallest absolute Gasteiger partial charge is 0.337 e. The van der Waals surface area contributed by atoms with Crippen molar-refractivity contribution in [3.8, 4) is 0 Å². The summed E-state index contributed by atoms with van der Waals surface area (Å²) in [6.07, 6.45) is 1.09. The molecular weight excluding hydrogens is 270 g/mol. The number of carboxylic acids is 1. The number of aromatic nitrogens is 1. The number of nitrogens with one attached hydrogen (secondary N) is 1. The van der Waals surface area contributed by atoms with Gasteiger partial charge in [-0.2, -0.15) is 4.39 Å². The molecule has 102 valence electrons. The van der Waals surface area contributed by atoms with Gasteiger partial charge in [0.1, 0.15) is 5.82 Å². The number of carbonyl (C=O) groups excluding carboxylic acids is 1. The van der Waals surface area contributed by atoms with E-state index in [-0.39, 0.29) is 16.8 Å². The summed E-state index contributed by atoms with van der Waals surface area (Å²) in [7, 11) is 0. The summed E-state index contributed by atoms with van der Waals surface area (Å²) in [6.45, 7) is 0. The molecule has 1 aromatic carbocycles. The van der Waals surface area contributed by atoms with E-state index in [1.165, 1.54) is 6.07 Å². The predicted octanol–water partition coefficient (Wildman–Crippen LogP) is 2.31. The Morgan fingerprint density at radius 1 is 1.15 bits per heavy atom. The first-order chi connectivity index (χ1) is 9.47. The maximum Gasteiger partial charge on any atom is 0.337 e. The second-order valence-corrected chi connectivity index (χ2v) is 3.82. The topological polar surface area (TPSA) is 79.3 Å². The molecule has 0 atom stereocenters. The number of rotatable bonds is 3. The highest BCUT2D eigenvalue weighted by atomic mass is 19.1. The third-order valence-electron chi connectivity index (χ3n) is 2.45. The fourth-order valence-electron chi connectivity index (χ4n) is 1.54. The van der Waals surface area contributed by atoms with Gasteiger partial charge in [0, 0.05) is 17.8 Å². The number of carbonyl (C=O) groups is 2. The molecule has 7 heteroatoms. The Labute approximate surface area is 111 Å². The minimum Gasteiger partial charge on any atom is -0.478 e. The van der Waals surface area contributed by atoms with Gasteiger partial charge in [0.2, 0.25) is 5.95 Å². The summed E-state index contributed by atoms with van der Waals surface area (Å²) >= 11 is 0. The third kappa shape index (κ3) is 2.94. The molecule has 2 N–H and O–H groups in total. The van der Waals surface area contributed by atoms with Crippen LogP contribution in [0.5, 0.6) is 0 Å². The molecule has 1 aromatic heterocycles. The lowest BCUT2D eigenvalue weighted by molar-refractivity contribution is 0.0698. The zero-order valence-electron chi connectivity index (χ0n) is 9.93. The lowest BCUT2D eigenvalue weighted by Gasteiger charge is -2.08. The highest BCUT2D eigenvalue weighted by molar-refractivity contribution is 6.07. The van der Waals surface area contributed by atoms with Gasteiger partial charge in [-0.15, -0.1) is 0 Å². The van der Waals surface area contributed by atoms with Crippen molar-refractivity contribution in [1.82, 2.24) is 4.98 Å². The van der Waals surface area contributed by atoms with Gasteiger partial charge in [-0.05, 0) is 24.3 Å². The van der Waals surface area contributed by atoms with Gasteiger partial charge in [-0.1, -0.05) is 0 Å². The number of halogens is 2. The van der Waals surface area contributed by atoms with Crippen molar-refractivity contribution < 1.29 is 23.5 Å². The molecule has 0 radical (unpaired) electrons. The Morgan fingerprint density at radius 3 is 2.55 bits per heavy atom. The van der Waals surface area contributed by atoms with E-state index in [1.807, 2.05) is 0 Å². The van der Waals surface area contributed by atoms with Crippen molar-refractivity contribution in [2.75, 3.05) is 5.32 Å². The maximum absolute atomic E-state index is 13.1. The number of pyridine rings is 1. The van der Waals surface area contributed by atoms with E-state index in [0.29, 0.717) is 0 Å². The number of hydrogen-bond acceptors (Lipinski definition) is 3. The first-order valence-electron chi connectivity index (χ1n) is 5.43. The second kappa shape index (κ2) is 5.43. The molecule has 2 aromatic rings. The molecule has 0 bridgehead atoms. The van der Waals surface area contributed by atoms with E-state index >= 15 is 0 Å². The number of aromatic carboxylic acids is 1. The van der Waals surface area contributed by atoms with Crippen molar-refractivity contribution in [2.24, 2.45) is 0 Å². The van der Waals surface area contributed by atoms with Crippen molar-refractivity contribution in [3.05, 3.63) is 59.4 Å². The van der Waals surface area contributed by atoms with Gasteiger partial charge in [0.15, 0.2) is 0 Å². The fourth-order valence-corrected chi connectivity index (χ4v) is 1.54. The Morgan fingerprint density at radius 2 is 1.90 bits per heavy atom. The standard InChI is InChI=1S/C13H8F2N2O3/c14-8-1-2-9(13(19)20)10(6-8)17-12(18)7-3-4-16-11(15)5-7/h1-6H,(H,17,18)(H,19,20). The summed E-state index contributed by atoms with van der Waals surface area (Å²) < 4.78 is 26.0. The largest absolute Gasteiger partial charge is 0.478 e. The molecule has 0 saturated carbocycles. The Balaban J connectivity index is 2.32. The highest BCUT2D eigenvalue weighted by Gasteiger charge is 2.15. The van der Waals surface area contributed by atoms with Crippen molar-refractivity contribution in [2.45, 2.75) is 0 Å². The predicted molar refractivity (Wildman–Crippen MR) is 65.5 cm³/mol. The molecule has 20 heavy (non-hydrogen) atoms. The fraction of sp³-hybridized carbons (Fsp3) is 0. The summed E-state index contributed by atoms with van der Waals surface area (Å²) in [5.74, 6) is -3.64. The molecule has 5 nitrogen and oxygen atoms in total. The molecule has 0 spiro atoms. The van der Waals surface area contributed by atoms with Crippen LogP contribution in [-0.2, 0) is 0 Å². The van der Waals surface area contributed by atoms with Crippen molar-refractivity contribution >= 4 is 17.6 Å². The number of benzene rings is 1. The van der Waals surface area contributed by atoms with E-state index in [2.05, 4.69) is 10.3 Å². The minimum atomic E-state index is -1.32. The van der Waals surface area contributed by atoms with Crippen LogP contribution in [0, 0.1) is 11.8 Å². The third-order valence-corrected chi connectivity index (χ3v) is 2.45. The number of amides is 1. The van der Waals surface area contributed by atoms with Gasteiger partial charge in [0.05, 0.1) is 11.3 Å². The molecule has 2 rings (SSSR count). The van der Waals surface area contributed by atoms with E-state index in [0.717, 1.165) is 30.5 Å². The van der Waals surface area contributed by atoms with E-state index in [4.69, 9.17) is 5.11 Å². The summed E-state index contributed by atoms with van der Waals surface area (Å²) in [5, 5.41) is 11.2. The summed E-state index contributed by atoms with van der Waals surface area (Å²) in [6, 6.07) is 5.00. The summed E-state index contributed by atoms with van der Waals surface area (Å²) in [4.78, 5) is 26.1. The molecule has 0 aliphatic rings. The van der Waals surface area contributed by atoms with E-state index in [1.54, 1.807) is 0 Å². The van der Waals surface area contributed by atoms with Gasteiger partial charge in [-0.25, -0.2) is 14.2 Å². The van der Waals surface area contributed by atoms with Gasteiger partial charge >= 0.3 is 5.97 Å². The first-order valence-corrected chi connectivity index (χ1v) is 5.43. The molecule has 1 amide bonds. The lowest BCUT2D eigenvalue weighted by Crippen LogP contribution is -2.15. The van der Waals surface area contributed by atoms with Crippen LogP contribution in [-0.4, -0.2) is 22.0 Å². The lowest BCUT2D eigenvalue weighted by atomic mass is 10.1. The molecule has 0 unspecified atom stereocenters. The van der Waals surface area contributed by atoms with Crippen LogP contribution in [0.2, 0.25) is 0 Å². The number of carboxylic acid groups (broad SMARTS) is 1. The van der Waals surface area contributed by atoms with Crippen LogP contribution in [0.25, 0.3) is 0 Å². The Bertz CT molecular complexity index is 689. The average molecular weight is 278 g/mol. The molecule has 0 saturated heterocycles. The van der Waals surface area contributed by atoms with Crippen LogP contribution in [0.3, 0.4) is 0 Å². The number of nitrogens with zero attached hydrogens (tertiary/aromatic N) is 1. The van der Waals surface area contributed by atoms with Gasteiger partial charge in [0.25, 0.3) is 5.91 Å². The van der Waals surface area contributed by atoms with Crippen LogP contribution >= 0.6 is 0 Å². The second-order valence-electron chi connectivity index (χ2n) is 3.82. The average Bonchev–Trinajstić information content (AvgIpc) is 2.38. The molecule has 0 aliphatic heterocycles. The maximum atomic E-state index is 13.1. The molecular formula is C13H8F2N2O3. The molecule has 0 aliphatic carbocycles. The Kier molecular flexibility index (Phi) is 3.69. The summed E-state index contributed by atoms with van der Waals surface area (Å²) in [5.41, 5.74) is -0.535. The van der Waals surface area contributed by atoms with Crippen LogP contribution in [0.4, 0.5) is 14.5 Å². The Hall–Kier alpha value is -2.83. The SMILES string of the molecule is O=C(Nc1cc(F)ccc1C(=O)O)c1ccnc(F)c1. The quantitative estimate of drug-likeness (QED) is 0.844. The van der Waals surface area contributed by atoms with Crippen molar-refractivity contribution in [3.63, 3.8) is 0 Å². The number of anilines is 1. The van der Waals surface area contributed by atoms with Crippen LogP contribution < -0.4 is 5.32 Å². The van der Waals surface area contributed by atoms with E-state index < -0.39 is 23.6 Å². The number of hydrogen-bond donors (Lipinski definition) is 2. The first kappa shape index (κ1) is 13.6. The minimum absolute atomic E-state index is 0.0573. The van der Waals surface area contributed by atoms with Gasteiger partial charge in [-0.3, -0.25) is 4.79 Å². The highest BCUT2D eigenvalue weighted by Crippen LogP contribution is 2.18. The van der Waals surface area contributed by atoms with E-state index in [9.17, 15) is 18.4 Å². The van der Waals surface area contributed by atoms with Crippen LogP contribution in [0.15, 0.2) is 36.5 Å². The monoisotopic (exact) mass is 278 g/mol. The van der Waals surface area contributed by atoms with Gasteiger partial charge < -0.3 is 10.4 Å². The zero-order valence-corrected chi connectivity index (χ0v) is 9.93. The van der Waals surface area contributed by atoms with Crippen molar-refractivity contribution in [1.29, 1.82) is 0 Å². The normalized spacial score (nSPS) is 10.1.